The van der Waals surface area contributed by atoms with Gasteiger partial charge in [0.1, 0.15) is 0 Å². The Bertz CT molecular complexity index is 1340. The van der Waals surface area contributed by atoms with Gasteiger partial charge in [0.05, 0.1) is 11.4 Å². The summed E-state index contributed by atoms with van der Waals surface area (Å²) in [7, 11) is -4.03. The number of hydrogen-bond acceptors (Lipinski definition) is 5. The van der Waals surface area contributed by atoms with Crippen LogP contribution < -0.4 is 15.4 Å². The molecule has 3 N–H and O–H groups in total. The average molecular weight is 493 g/mol. The first-order valence-electron chi connectivity index (χ1n) is 10.9. The highest BCUT2D eigenvalue weighted by Gasteiger charge is 2.31. The first-order chi connectivity index (χ1) is 16.8. The van der Waals surface area contributed by atoms with Crippen LogP contribution in [0.4, 0.5) is 9.59 Å². The third kappa shape index (κ3) is 5.85. The highest BCUT2D eigenvalue weighted by Crippen LogP contribution is 2.22. The van der Waals surface area contributed by atoms with Gasteiger partial charge < -0.3 is 10.6 Å². The van der Waals surface area contributed by atoms with Gasteiger partial charge in [0.15, 0.2) is 0 Å². The second-order valence-corrected chi connectivity index (χ2v) is 9.63. The molecule has 0 spiro atoms. The average Bonchev–Trinajstić information content (AvgIpc) is 3.20. The van der Waals surface area contributed by atoms with Crippen molar-refractivity contribution in [2.24, 2.45) is 0 Å². The monoisotopic (exact) mass is 492 g/mol. The number of nitrogens with one attached hydrogen (secondary N) is 3. The molecule has 180 valence electrons. The molecule has 3 aromatic rings. The minimum absolute atomic E-state index is 0.0550. The summed E-state index contributed by atoms with van der Waals surface area (Å²) in [4.78, 5) is 37.9. The number of carbonyl (C=O) groups excluding carboxylic acids is 3. The Kier molecular flexibility index (Phi) is 7.11. The molecule has 0 aromatic heterocycles. The Morgan fingerprint density at radius 2 is 1.51 bits per heavy atom. The van der Waals surface area contributed by atoms with Crippen LogP contribution in [0.3, 0.4) is 0 Å². The number of fused-ring (bicyclic) bond motifs is 1. The zero-order valence-electron chi connectivity index (χ0n) is 18.7. The fourth-order valence-electron chi connectivity index (χ4n) is 3.66. The van der Waals surface area contributed by atoms with E-state index in [1.54, 1.807) is 24.3 Å². The summed E-state index contributed by atoms with van der Waals surface area (Å²) in [6.07, 6.45) is 0.437. The molecule has 3 aromatic carbocycles. The van der Waals surface area contributed by atoms with Gasteiger partial charge >= 0.3 is 12.1 Å². The molecule has 4 rings (SSSR count). The highest BCUT2D eigenvalue weighted by molar-refractivity contribution is 7.90. The van der Waals surface area contributed by atoms with Crippen molar-refractivity contribution in [1.29, 1.82) is 0 Å². The molecule has 0 bridgehead atoms. The van der Waals surface area contributed by atoms with E-state index in [2.05, 4.69) is 10.6 Å². The Hall–Kier alpha value is -4.18. The Morgan fingerprint density at radius 3 is 2.23 bits per heavy atom. The van der Waals surface area contributed by atoms with Crippen molar-refractivity contribution in [2.45, 2.75) is 24.4 Å². The van der Waals surface area contributed by atoms with Gasteiger partial charge in [0.25, 0.3) is 15.9 Å². The van der Waals surface area contributed by atoms with Crippen LogP contribution >= 0.6 is 0 Å². The lowest BCUT2D eigenvalue weighted by molar-refractivity contribution is 0.0821. The van der Waals surface area contributed by atoms with Crippen LogP contribution in [-0.2, 0) is 29.5 Å². The summed E-state index contributed by atoms with van der Waals surface area (Å²) in [5.41, 5.74) is 2.97. The van der Waals surface area contributed by atoms with Crippen molar-refractivity contribution in [3.05, 3.63) is 101 Å². The number of rotatable bonds is 7. The number of urea groups is 2. The number of imide groups is 1. The van der Waals surface area contributed by atoms with Crippen molar-refractivity contribution in [1.82, 2.24) is 20.3 Å². The minimum atomic E-state index is -4.03. The van der Waals surface area contributed by atoms with E-state index in [0.29, 0.717) is 12.0 Å². The third-order valence-corrected chi connectivity index (χ3v) is 6.86. The van der Waals surface area contributed by atoms with E-state index in [4.69, 9.17) is 0 Å². The van der Waals surface area contributed by atoms with E-state index in [1.165, 1.54) is 12.1 Å². The van der Waals surface area contributed by atoms with Gasteiger partial charge in [-0.25, -0.2) is 22.7 Å². The second-order valence-electron chi connectivity index (χ2n) is 7.95. The van der Waals surface area contributed by atoms with Crippen LogP contribution in [0.25, 0.3) is 0 Å². The molecular weight excluding hydrogens is 468 g/mol. The fraction of sp³-hybridized carbons (Fsp3) is 0.160. The van der Waals surface area contributed by atoms with Crippen molar-refractivity contribution < 1.29 is 22.8 Å². The molecule has 0 unspecified atom stereocenters. The Morgan fingerprint density at radius 1 is 0.829 bits per heavy atom. The molecule has 0 radical (unpaired) electrons. The maximum atomic E-state index is 12.5. The predicted octanol–water partition coefficient (Wildman–Crippen LogP) is 2.78. The summed E-state index contributed by atoms with van der Waals surface area (Å²) < 4.78 is 26.9. The molecule has 0 fully saturated rings. The van der Waals surface area contributed by atoms with E-state index in [9.17, 15) is 22.8 Å². The standard InChI is InChI=1S/C25H24N4O5S/c30-23-22-9-5-4-8-20(22)17-29(23)25(32)26-15-14-18-10-12-21(13-11-18)35(33,34)28-24(31)27-16-19-6-2-1-3-7-19/h1-13H,14-17H2,(H,26,32)(H2,27,28,31). The maximum Gasteiger partial charge on any atom is 0.328 e. The second kappa shape index (κ2) is 10.4. The van der Waals surface area contributed by atoms with Crippen molar-refractivity contribution >= 4 is 28.0 Å². The van der Waals surface area contributed by atoms with Gasteiger partial charge in [-0.3, -0.25) is 9.69 Å². The van der Waals surface area contributed by atoms with Crippen molar-refractivity contribution in [3.8, 4) is 0 Å². The topological polar surface area (TPSA) is 125 Å². The molecule has 0 atom stereocenters. The first-order valence-corrected chi connectivity index (χ1v) is 12.4. The number of benzene rings is 3. The van der Waals surface area contributed by atoms with E-state index in [1.807, 2.05) is 47.2 Å². The summed E-state index contributed by atoms with van der Waals surface area (Å²) >= 11 is 0. The van der Waals surface area contributed by atoms with Crippen LogP contribution in [-0.4, -0.2) is 37.8 Å². The van der Waals surface area contributed by atoms with Crippen LogP contribution in [0.1, 0.15) is 27.0 Å². The van der Waals surface area contributed by atoms with Crippen LogP contribution in [0.5, 0.6) is 0 Å². The van der Waals surface area contributed by atoms with Crippen LogP contribution in [0.2, 0.25) is 0 Å². The van der Waals surface area contributed by atoms with Gasteiger partial charge in [0, 0.05) is 18.7 Å². The lowest BCUT2D eigenvalue weighted by Crippen LogP contribution is -2.40. The smallest absolute Gasteiger partial charge is 0.328 e. The normalized spacial score (nSPS) is 12.7. The van der Waals surface area contributed by atoms with Crippen LogP contribution in [0.15, 0.2) is 83.8 Å². The molecule has 0 aliphatic carbocycles. The zero-order chi connectivity index (χ0) is 24.8. The lowest BCUT2D eigenvalue weighted by atomic mass is 10.1. The largest absolute Gasteiger partial charge is 0.337 e. The van der Waals surface area contributed by atoms with Crippen molar-refractivity contribution in [3.63, 3.8) is 0 Å². The van der Waals surface area contributed by atoms with E-state index >= 15 is 0 Å². The molecule has 10 heteroatoms. The number of nitrogens with zero attached hydrogens (tertiary/aromatic N) is 1. The number of amides is 5. The van der Waals surface area contributed by atoms with Gasteiger partial charge in [0.2, 0.25) is 0 Å². The molecule has 35 heavy (non-hydrogen) atoms. The fourth-order valence-corrected chi connectivity index (χ4v) is 4.59. The maximum absolute atomic E-state index is 12.5. The molecule has 5 amide bonds. The molecule has 1 aliphatic rings. The molecule has 0 saturated heterocycles. The summed E-state index contributed by atoms with van der Waals surface area (Å²) in [6.45, 7) is 0.701. The minimum Gasteiger partial charge on any atom is -0.337 e. The Balaban J connectivity index is 1.25. The molecule has 0 saturated carbocycles. The van der Waals surface area contributed by atoms with E-state index in [0.717, 1.165) is 21.6 Å². The summed E-state index contributed by atoms with van der Waals surface area (Å²) in [5.74, 6) is -0.326. The summed E-state index contributed by atoms with van der Waals surface area (Å²) in [6, 6.07) is 20.9. The molecule has 1 heterocycles. The lowest BCUT2D eigenvalue weighted by Gasteiger charge is -2.15. The van der Waals surface area contributed by atoms with Gasteiger partial charge in [-0.05, 0) is 41.3 Å². The van der Waals surface area contributed by atoms with Gasteiger partial charge in [-0.15, -0.1) is 0 Å². The van der Waals surface area contributed by atoms with Crippen molar-refractivity contribution in [2.75, 3.05) is 6.54 Å². The Labute approximate surface area is 203 Å². The van der Waals surface area contributed by atoms with E-state index in [-0.39, 0.29) is 30.4 Å². The molecule has 9 nitrogen and oxygen atoms in total. The zero-order valence-corrected chi connectivity index (χ0v) is 19.5. The summed E-state index contributed by atoms with van der Waals surface area (Å²) in [5, 5.41) is 5.23. The number of sulfonamides is 1. The molecule has 1 aliphatic heterocycles. The third-order valence-electron chi connectivity index (χ3n) is 5.51. The highest BCUT2D eigenvalue weighted by atomic mass is 32.2. The molecular formula is C25H24N4O5S. The van der Waals surface area contributed by atoms with Crippen LogP contribution in [0, 0.1) is 0 Å². The number of carbonyl (C=O) groups is 3. The van der Waals surface area contributed by atoms with Gasteiger partial charge in [-0.1, -0.05) is 60.7 Å². The quantitative estimate of drug-likeness (QED) is 0.468. The first kappa shape index (κ1) is 24.0. The van der Waals surface area contributed by atoms with Gasteiger partial charge in [-0.2, -0.15) is 0 Å². The predicted molar refractivity (Wildman–Crippen MR) is 129 cm³/mol. The van der Waals surface area contributed by atoms with E-state index < -0.39 is 22.1 Å². The SMILES string of the molecule is O=C(NCc1ccccc1)NS(=O)(=O)c1ccc(CCNC(=O)N2Cc3ccccc3C2=O)cc1. The number of hydrogen-bond donors (Lipinski definition) is 3.